The van der Waals surface area contributed by atoms with Gasteiger partial charge in [0.25, 0.3) is 5.56 Å². The van der Waals surface area contributed by atoms with Crippen LogP contribution in [-0.4, -0.2) is 20.9 Å². The molecule has 1 fully saturated rings. The molecule has 5 heteroatoms. The first-order valence-electron chi connectivity index (χ1n) is 7.76. The van der Waals surface area contributed by atoms with Crippen LogP contribution in [0, 0.1) is 6.92 Å². The smallest absolute Gasteiger partial charge is 0.275 e. The summed E-state index contributed by atoms with van der Waals surface area (Å²) >= 11 is 0. The molecule has 0 bridgehead atoms. The van der Waals surface area contributed by atoms with Crippen molar-refractivity contribution in [3.05, 3.63) is 51.9 Å². The van der Waals surface area contributed by atoms with Gasteiger partial charge in [-0.1, -0.05) is 30.5 Å². The van der Waals surface area contributed by atoms with E-state index in [1.165, 1.54) is 36.4 Å². The number of aromatic hydroxyl groups is 1. The first kappa shape index (κ1) is 14.8. The summed E-state index contributed by atoms with van der Waals surface area (Å²) in [5, 5.41) is 17.7. The summed E-state index contributed by atoms with van der Waals surface area (Å²) in [7, 11) is 0. The van der Waals surface area contributed by atoms with E-state index in [0.717, 1.165) is 5.56 Å². The van der Waals surface area contributed by atoms with E-state index in [9.17, 15) is 9.90 Å². The maximum Gasteiger partial charge on any atom is 0.275 e. The minimum Gasteiger partial charge on any atom is -0.506 e. The molecule has 2 N–H and O–H groups in total. The highest BCUT2D eigenvalue weighted by Crippen LogP contribution is 2.19. The predicted molar refractivity (Wildman–Crippen MR) is 85.3 cm³/mol. The predicted octanol–water partition coefficient (Wildman–Crippen LogP) is 2.28. The van der Waals surface area contributed by atoms with Crippen molar-refractivity contribution < 1.29 is 5.11 Å². The summed E-state index contributed by atoms with van der Waals surface area (Å²) < 4.78 is 1.34. The second-order valence-corrected chi connectivity index (χ2v) is 5.92. The second-order valence-electron chi connectivity index (χ2n) is 5.92. The molecule has 1 aromatic heterocycles. The number of nitrogens with zero attached hydrogens (tertiary/aromatic N) is 2. The standard InChI is InChI=1S/C17H21N3O2/c1-12-6-8-14(9-7-12)20-17(22)10-16(21)15(19-20)11-18-13-4-2-3-5-13/h6-10,13,18,21H,2-5,11H2,1H3. The van der Waals surface area contributed by atoms with Crippen molar-refractivity contribution in [3.8, 4) is 11.4 Å². The van der Waals surface area contributed by atoms with E-state index < -0.39 is 0 Å². The summed E-state index contributed by atoms with van der Waals surface area (Å²) in [6, 6.07) is 9.31. The summed E-state index contributed by atoms with van der Waals surface area (Å²) in [6.45, 7) is 2.47. The van der Waals surface area contributed by atoms with Crippen molar-refractivity contribution >= 4 is 0 Å². The number of benzene rings is 1. The summed E-state index contributed by atoms with van der Waals surface area (Å²) in [5.74, 6) is -0.0427. The van der Waals surface area contributed by atoms with Crippen molar-refractivity contribution in [1.82, 2.24) is 15.1 Å². The van der Waals surface area contributed by atoms with Crippen LogP contribution in [0.25, 0.3) is 5.69 Å². The highest BCUT2D eigenvalue weighted by Gasteiger charge is 2.16. The number of hydrogen-bond acceptors (Lipinski definition) is 4. The summed E-state index contributed by atoms with van der Waals surface area (Å²) in [6.07, 6.45) is 4.83. The van der Waals surface area contributed by atoms with Gasteiger partial charge in [0.15, 0.2) is 0 Å². The van der Waals surface area contributed by atoms with Crippen LogP contribution in [0.1, 0.15) is 36.9 Å². The molecular weight excluding hydrogens is 278 g/mol. The molecule has 0 atom stereocenters. The number of aryl methyl sites for hydroxylation is 1. The highest BCUT2D eigenvalue weighted by molar-refractivity contribution is 5.35. The minimum absolute atomic E-state index is 0.0427. The van der Waals surface area contributed by atoms with Crippen LogP contribution >= 0.6 is 0 Å². The first-order valence-corrected chi connectivity index (χ1v) is 7.76. The van der Waals surface area contributed by atoms with Gasteiger partial charge in [-0.25, -0.2) is 0 Å². The number of rotatable bonds is 4. The fourth-order valence-corrected chi connectivity index (χ4v) is 2.85. The Kier molecular flexibility index (Phi) is 4.24. The van der Waals surface area contributed by atoms with Crippen LogP contribution in [0.3, 0.4) is 0 Å². The molecule has 0 amide bonds. The first-order chi connectivity index (χ1) is 10.6. The Labute approximate surface area is 129 Å². The largest absolute Gasteiger partial charge is 0.506 e. The molecule has 116 valence electrons. The van der Waals surface area contributed by atoms with Crippen molar-refractivity contribution in [2.75, 3.05) is 0 Å². The highest BCUT2D eigenvalue weighted by atomic mass is 16.3. The molecule has 0 radical (unpaired) electrons. The third-order valence-electron chi connectivity index (χ3n) is 4.18. The monoisotopic (exact) mass is 299 g/mol. The zero-order valence-corrected chi connectivity index (χ0v) is 12.7. The molecule has 0 unspecified atom stereocenters. The maximum atomic E-state index is 12.1. The van der Waals surface area contributed by atoms with E-state index >= 15 is 0 Å². The normalized spacial score (nSPS) is 15.3. The van der Waals surface area contributed by atoms with Gasteiger partial charge < -0.3 is 10.4 Å². The van der Waals surface area contributed by atoms with Crippen molar-refractivity contribution in [2.24, 2.45) is 0 Å². The number of hydrogen-bond donors (Lipinski definition) is 2. The maximum absolute atomic E-state index is 12.1. The van der Waals surface area contributed by atoms with E-state index in [-0.39, 0.29) is 11.3 Å². The van der Waals surface area contributed by atoms with E-state index in [2.05, 4.69) is 10.4 Å². The molecule has 22 heavy (non-hydrogen) atoms. The summed E-state index contributed by atoms with van der Waals surface area (Å²) in [5.41, 5.74) is 2.01. The SMILES string of the molecule is Cc1ccc(-n2nc(CNC3CCCC3)c(O)cc2=O)cc1. The molecule has 1 aromatic carbocycles. The third-order valence-corrected chi connectivity index (χ3v) is 4.18. The van der Waals surface area contributed by atoms with Gasteiger partial charge >= 0.3 is 0 Å². The molecule has 2 aromatic rings. The Morgan fingerprint density at radius 2 is 1.95 bits per heavy atom. The van der Waals surface area contributed by atoms with Crippen LogP contribution in [0.2, 0.25) is 0 Å². The van der Waals surface area contributed by atoms with Gasteiger partial charge in [-0.05, 0) is 31.9 Å². The van der Waals surface area contributed by atoms with Crippen LogP contribution in [0.5, 0.6) is 5.75 Å². The topological polar surface area (TPSA) is 67.2 Å². The minimum atomic E-state index is -0.328. The Bertz CT molecular complexity index is 701. The number of aromatic nitrogens is 2. The lowest BCUT2D eigenvalue weighted by Gasteiger charge is -2.13. The van der Waals surface area contributed by atoms with Crippen molar-refractivity contribution in [1.29, 1.82) is 0 Å². The van der Waals surface area contributed by atoms with E-state index in [1.807, 2.05) is 31.2 Å². The lowest BCUT2D eigenvalue weighted by Crippen LogP contribution is -2.28. The molecule has 1 aliphatic carbocycles. The van der Waals surface area contributed by atoms with Crippen LogP contribution < -0.4 is 10.9 Å². The van der Waals surface area contributed by atoms with Gasteiger partial charge in [-0.15, -0.1) is 0 Å². The Morgan fingerprint density at radius 3 is 2.64 bits per heavy atom. The molecular formula is C17H21N3O2. The molecule has 0 aliphatic heterocycles. The average molecular weight is 299 g/mol. The lowest BCUT2D eigenvalue weighted by molar-refractivity contribution is 0.441. The van der Waals surface area contributed by atoms with Gasteiger partial charge in [0.1, 0.15) is 11.4 Å². The molecule has 1 aliphatic rings. The quantitative estimate of drug-likeness (QED) is 0.909. The third kappa shape index (κ3) is 3.20. The fraction of sp³-hybridized carbons (Fsp3) is 0.412. The second kappa shape index (κ2) is 6.32. The van der Waals surface area contributed by atoms with Crippen LogP contribution in [0.15, 0.2) is 35.1 Å². The number of nitrogens with one attached hydrogen (secondary N) is 1. The molecule has 5 nitrogen and oxygen atoms in total. The summed E-state index contributed by atoms with van der Waals surface area (Å²) in [4.78, 5) is 12.1. The van der Waals surface area contributed by atoms with Crippen molar-refractivity contribution in [2.45, 2.75) is 45.2 Å². The fourth-order valence-electron chi connectivity index (χ4n) is 2.85. The van der Waals surface area contributed by atoms with Crippen LogP contribution in [-0.2, 0) is 6.54 Å². The Morgan fingerprint density at radius 1 is 1.27 bits per heavy atom. The van der Waals surface area contributed by atoms with E-state index in [4.69, 9.17) is 0 Å². The molecule has 0 spiro atoms. The zero-order valence-electron chi connectivity index (χ0n) is 12.7. The van der Waals surface area contributed by atoms with Gasteiger partial charge in [-0.2, -0.15) is 9.78 Å². The van der Waals surface area contributed by atoms with Gasteiger partial charge in [0, 0.05) is 18.7 Å². The Balaban J connectivity index is 1.85. The lowest BCUT2D eigenvalue weighted by atomic mass is 10.2. The molecule has 3 rings (SSSR count). The van der Waals surface area contributed by atoms with Gasteiger partial charge in [-0.3, -0.25) is 4.79 Å². The Hall–Kier alpha value is -2.14. The molecule has 1 saturated carbocycles. The van der Waals surface area contributed by atoms with Gasteiger partial charge in [0.2, 0.25) is 0 Å². The van der Waals surface area contributed by atoms with Gasteiger partial charge in [0.05, 0.1) is 5.69 Å². The van der Waals surface area contributed by atoms with E-state index in [0.29, 0.717) is 24.0 Å². The van der Waals surface area contributed by atoms with Crippen molar-refractivity contribution in [3.63, 3.8) is 0 Å². The van der Waals surface area contributed by atoms with E-state index in [1.54, 1.807) is 0 Å². The van der Waals surface area contributed by atoms with Crippen LogP contribution in [0.4, 0.5) is 0 Å². The molecule has 0 saturated heterocycles. The average Bonchev–Trinajstić information content (AvgIpc) is 3.01. The zero-order chi connectivity index (χ0) is 15.5. The molecule has 1 heterocycles.